The van der Waals surface area contributed by atoms with Crippen molar-refractivity contribution in [3.8, 4) is 0 Å². The summed E-state index contributed by atoms with van der Waals surface area (Å²) in [6, 6.07) is 0. The molecule has 1 saturated carbocycles. The maximum absolute atomic E-state index is 2.46. The molecule has 0 aromatic carbocycles. The minimum absolute atomic E-state index is 0.290. The average molecular weight is 170 g/mol. The Balaban J connectivity index is 2.13. The fourth-order valence-corrected chi connectivity index (χ4v) is 4.68. The normalized spacial score (nSPS) is 24.5. The van der Waals surface area contributed by atoms with Crippen molar-refractivity contribution in [2.45, 2.75) is 63.5 Å². The highest BCUT2D eigenvalue weighted by atomic mass is 28.2. The smallest absolute Gasteiger partial charge is 0.0261 e. The molecule has 1 aliphatic rings. The maximum Gasteiger partial charge on any atom is 0.0261 e. The van der Waals surface area contributed by atoms with Gasteiger partial charge < -0.3 is 0 Å². The van der Waals surface area contributed by atoms with Crippen LogP contribution in [0.25, 0.3) is 0 Å². The lowest BCUT2D eigenvalue weighted by Crippen LogP contribution is -2.11. The second kappa shape index (κ2) is 4.97. The fourth-order valence-electron chi connectivity index (χ4n) is 2.16. The van der Waals surface area contributed by atoms with Crippen molar-refractivity contribution < 1.29 is 0 Å². The number of hydrogen-bond donors (Lipinski definition) is 0. The molecule has 0 aliphatic heterocycles. The largest absolute Gasteiger partial charge is 0.0654 e. The highest BCUT2D eigenvalue weighted by molar-refractivity contribution is 6.39. The Labute approximate surface area is 73.6 Å². The minimum atomic E-state index is 0.290. The summed E-state index contributed by atoms with van der Waals surface area (Å²) in [7, 11) is 0.290. The van der Waals surface area contributed by atoms with Crippen LogP contribution in [0, 0.1) is 0 Å². The molecule has 1 fully saturated rings. The Kier molecular flexibility index (Phi) is 4.20. The van der Waals surface area contributed by atoms with Crippen LogP contribution in [0.15, 0.2) is 0 Å². The van der Waals surface area contributed by atoms with Crippen LogP contribution in [-0.2, 0) is 0 Å². The van der Waals surface area contributed by atoms with Crippen LogP contribution in [0.4, 0.5) is 0 Å². The molecule has 66 valence electrons. The molecule has 0 aromatic rings. The zero-order valence-electron chi connectivity index (χ0n) is 8.10. The summed E-state index contributed by atoms with van der Waals surface area (Å²) in [6.07, 6.45) is 9.18. The van der Waals surface area contributed by atoms with Gasteiger partial charge in [0.2, 0.25) is 0 Å². The van der Waals surface area contributed by atoms with E-state index in [9.17, 15) is 0 Å². The molecule has 1 rings (SSSR count). The minimum Gasteiger partial charge on any atom is -0.0654 e. The first-order valence-corrected chi connectivity index (χ1v) is 6.96. The van der Waals surface area contributed by atoms with Gasteiger partial charge in [-0.25, -0.2) is 0 Å². The maximum atomic E-state index is 2.46. The molecule has 1 heteroatoms. The van der Waals surface area contributed by atoms with Crippen molar-refractivity contribution in [1.82, 2.24) is 0 Å². The predicted octanol–water partition coefficient (Wildman–Crippen LogP) is 3.13. The van der Waals surface area contributed by atoms with E-state index in [0.717, 1.165) is 5.54 Å². The summed E-state index contributed by atoms with van der Waals surface area (Å²) in [5.74, 6) is 0. The molecule has 0 aromatic heterocycles. The third-order valence-corrected chi connectivity index (χ3v) is 6.02. The lowest BCUT2D eigenvalue weighted by Gasteiger charge is -2.23. The standard InChI is InChI=1S/C10H22Si/c1-3-9(2)11-10-7-5-4-6-8-10/h9-10H,3-8,11H2,1-2H3. The average Bonchev–Trinajstić information content (AvgIpc) is 2.06. The molecule has 1 aliphatic carbocycles. The zero-order chi connectivity index (χ0) is 8.10. The molecular weight excluding hydrogens is 148 g/mol. The van der Waals surface area contributed by atoms with Crippen LogP contribution >= 0.6 is 0 Å². The third kappa shape index (κ3) is 3.41. The molecule has 0 nitrogen and oxygen atoms in total. The van der Waals surface area contributed by atoms with E-state index >= 15 is 0 Å². The molecule has 0 spiro atoms. The molecule has 0 bridgehead atoms. The summed E-state index contributed by atoms with van der Waals surface area (Å²) in [5.41, 5.74) is 2.33. The molecule has 0 heterocycles. The first-order chi connectivity index (χ1) is 5.33. The SMILES string of the molecule is CCC(C)[SiH2]C1CCCCC1. The summed E-state index contributed by atoms with van der Waals surface area (Å²) >= 11 is 0. The third-order valence-electron chi connectivity index (χ3n) is 3.16. The summed E-state index contributed by atoms with van der Waals surface area (Å²) < 4.78 is 0. The Morgan fingerprint density at radius 1 is 1.27 bits per heavy atom. The van der Waals surface area contributed by atoms with E-state index in [2.05, 4.69) is 13.8 Å². The molecule has 0 N–H and O–H groups in total. The summed E-state index contributed by atoms with van der Waals surface area (Å²) in [4.78, 5) is 0. The van der Waals surface area contributed by atoms with Crippen molar-refractivity contribution in [2.75, 3.05) is 0 Å². The zero-order valence-corrected chi connectivity index (χ0v) is 9.52. The highest BCUT2D eigenvalue weighted by Crippen LogP contribution is 2.30. The van der Waals surface area contributed by atoms with Gasteiger partial charge in [-0.1, -0.05) is 63.5 Å². The van der Waals surface area contributed by atoms with Crippen molar-refractivity contribution >= 4 is 9.52 Å². The van der Waals surface area contributed by atoms with Gasteiger partial charge in [0.05, 0.1) is 0 Å². The summed E-state index contributed by atoms with van der Waals surface area (Å²) in [6.45, 7) is 4.81. The van der Waals surface area contributed by atoms with Gasteiger partial charge in [-0.3, -0.25) is 0 Å². The molecular formula is C10H22Si. The van der Waals surface area contributed by atoms with Gasteiger partial charge in [-0.2, -0.15) is 0 Å². The molecule has 0 saturated heterocycles. The summed E-state index contributed by atoms with van der Waals surface area (Å²) in [5, 5.41) is 0. The fraction of sp³-hybridized carbons (Fsp3) is 1.00. The molecule has 0 amide bonds. The van der Waals surface area contributed by atoms with Crippen molar-refractivity contribution in [3.63, 3.8) is 0 Å². The first kappa shape index (κ1) is 9.31. The van der Waals surface area contributed by atoms with Crippen LogP contribution in [0.2, 0.25) is 11.1 Å². The monoisotopic (exact) mass is 170 g/mol. The van der Waals surface area contributed by atoms with Gasteiger partial charge in [-0.15, -0.1) is 0 Å². The Morgan fingerprint density at radius 3 is 2.45 bits per heavy atom. The lowest BCUT2D eigenvalue weighted by atomic mass is 10.0. The molecule has 1 unspecified atom stereocenters. The van der Waals surface area contributed by atoms with E-state index in [0.29, 0.717) is 0 Å². The van der Waals surface area contributed by atoms with Crippen molar-refractivity contribution in [1.29, 1.82) is 0 Å². The van der Waals surface area contributed by atoms with Gasteiger partial charge in [0.1, 0.15) is 0 Å². The van der Waals surface area contributed by atoms with Gasteiger partial charge in [0.15, 0.2) is 0 Å². The highest BCUT2D eigenvalue weighted by Gasteiger charge is 2.15. The quantitative estimate of drug-likeness (QED) is 0.571. The Morgan fingerprint density at radius 2 is 1.91 bits per heavy atom. The van der Waals surface area contributed by atoms with Crippen molar-refractivity contribution in [3.05, 3.63) is 0 Å². The van der Waals surface area contributed by atoms with E-state index in [-0.39, 0.29) is 9.52 Å². The van der Waals surface area contributed by atoms with Crippen LogP contribution in [0.3, 0.4) is 0 Å². The molecule has 11 heavy (non-hydrogen) atoms. The van der Waals surface area contributed by atoms with Crippen LogP contribution in [-0.4, -0.2) is 9.52 Å². The second-order valence-corrected chi connectivity index (χ2v) is 7.27. The predicted molar refractivity (Wildman–Crippen MR) is 55.1 cm³/mol. The van der Waals surface area contributed by atoms with Gasteiger partial charge in [0, 0.05) is 9.52 Å². The number of hydrogen-bond acceptors (Lipinski definition) is 0. The van der Waals surface area contributed by atoms with Crippen LogP contribution in [0.5, 0.6) is 0 Å². The van der Waals surface area contributed by atoms with E-state index < -0.39 is 0 Å². The van der Waals surface area contributed by atoms with Gasteiger partial charge >= 0.3 is 0 Å². The van der Waals surface area contributed by atoms with Gasteiger partial charge in [0.25, 0.3) is 0 Å². The van der Waals surface area contributed by atoms with E-state index in [1.807, 2.05) is 0 Å². The van der Waals surface area contributed by atoms with E-state index in [1.54, 1.807) is 12.8 Å². The van der Waals surface area contributed by atoms with E-state index in [4.69, 9.17) is 0 Å². The molecule has 0 radical (unpaired) electrons. The Hall–Kier alpha value is 0.217. The van der Waals surface area contributed by atoms with E-state index in [1.165, 1.54) is 31.2 Å². The van der Waals surface area contributed by atoms with Crippen LogP contribution in [0.1, 0.15) is 52.4 Å². The first-order valence-electron chi connectivity index (χ1n) is 5.33. The van der Waals surface area contributed by atoms with Crippen molar-refractivity contribution in [2.24, 2.45) is 0 Å². The second-order valence-electron chi connectivity index (χ2n) is 4.25. The number of rotatable bonds is 3. The molecule has 1 atom stereocenters. The lowest BCUT2D eigenvalue weighted by molar-refractivity contribution is 0.497. The Bertz CT molecular complexity index is 95.0. The van der Waals surface area contributed by atoms with Crippen LogP contribution < -0.4 is 0 Å². The topological polar surface area (TPSA) is 0 Å². The van der Waals surface area contributed by atoms with Gasteiger partial charge in [-0.05, 0) is 0 Å².